The van der Waals surface area contributed by atoms with Gasteiger partial charge in [0, 0.05) is 16.9 Å². The summed E-state index contributed by atoms with van der Waals surface area (Å²) in [5.41, 5.74) is 1.90. The molecule has 16 heavy (non-hydrogen) atoms. The van der Waals surface area contributed by atoms with Gasteiger partial charge in [-0.2, -0.15) is 0 Å². The highest BCUT2D eigenvalue weighted by Gasteiger charge is 2.16. The minimum atomic E-state index is -3.65. The summed E-state index contributed by atoms with van der Waals surface area (Å²) in [7, 11) is 1.52. The van der Waals surface area contributed by atoms with Gasteiger partial charge in [-0.3, -0.25) is 4.40 Å². The van der Waals surface area contributed by atoms with E-state index >= 15 is 0 Å². The lowest BCUT2D eigenvalue weighted by Crippen LogP contribution is -1.95. The maximum atomic E-state index is 11.0. The second kappa shape index (κ2) is 3.91. The maximum Gasteiger partial charge on any atom is 0.238 e. The minimum Gasteiger partial charge on any atom is -0.290 e. The highest BCUT2D eigenvalue weighted by molar-refractivity contribution is 8.13. The van der Waals surface area contributed by atoms with E-state index in [2.05, 4.69) is 4.98 Å². The molecule has 4 nitrogen and oxygen atoms in total. The Morgan fingerprint density at radius 1 is 1.50 bits per heavy atom. The second-order valence-corrected chi connectivity index (χ2v) is 6.60. The molecule has 0 aliphatic carbocycles. The van der Waals surface area contributed by atoms with Crippen molar-refractivity contribution in [1.82, 2.24) is 9.38 Å². The van der Waals surface area contributed by atoms with Gasteiger partial charge in [0.05, 0.1) is 5.69 Å². The lowest BCUT2D eigenvalue weighted by atomic mass is 10.3. The molecule has 0 aromatic carbocycles. The third-order valence-electron chi connectivity index (χ3n) is 2.10. The molecule has 0 spiro atoms. The van der Waals surface area contributed by atoms with Gasteiger partial charge in [0.25, 0.3) is 0 Å². The van der Waals surface area contributed by atoms with Gasteiger partial charge < -0.3 is 0 Å². The number of halogens is 2. The summed E-state index contributed by atoms with van der Waals surface area (Å²) in [4.78, 5) is 4.13. The van der Waals surface area contributed by atoms with Crippen LogP contribution in [0.2, 0.25) is 5.15 Å². The summed E-state index contributed by atoms with van der Waals surface area (Å²) >= 11 is 5.99. The van der Waals surface area contributed by atoms with Crippen LogP contribution in [-0.4, -0.2) is 17.8 Å². The van der Waals surface area contributed by atoms with Crippen LogP contribution >= 0.6 is 22.3 Å². The summed E-state index contributed by atoms with van der Waals surface area (Å²) in [6.07, 6.45) is 1.74. The van der Waals surface area contributed by atoms with Crippen molar-refractivity contribution in [1.29, 1.82) is 0 Å². The predicted molar refractivity (Wildman–Crippen MR) is 63.4 cm³/mol. The van der Waals surface area contributed by atoms with E-state index in [1.165, 1.54) is 0 Å². The van der Waals surface area contributed by atoms with Gasteiger partial charge in [-0.1, -0.05) is 11.6 Å². The summed E-state index contributed by atoms with van der Waals surface area (Å²) in [5, 5.41) is 0.277. The Labute approximate surface area is 102 Å². The van der Waals surface area contributed by atoms with E-state index in [0.717, 1.165) is 5.56 Å². The fourth-order valence-electron chi connectivity index (χ4n) is 1.42. The number of aromatic nitrogens is 2. The van der Waals surface area contributed by atoms with Crippen LogP contribution in [0.25, 0.3) is 5.65 Å². The van der Waals surface area contributed by atoms with Crippen molar-refractivity contribution in [2.75, 3.05) is 0 Å². The zero-order valence-electron chi connectivity index (χ0n) is 8.31. The van der Waals surface area contributed by atoms with E-state index in [0.29, 0.717) is 5.65 Å². The first-order valence-corrected chi connectivity index (χ1v) is 7.28. The van der Waals surface area contributed by atoms with Crippen LogP contribution < -0.4 is 0 Å². The van der Waals surface area contributed by atoms with E-state index in [4.69, 9.17) is 22.3 Å². The van der Waals surface area contributed by atoms with Crippen molar-refractivity contribution in [3.8, 4) is 0 Å². The quantitative estimate of drug-likeness (QED) is 0.793. The Kier molecular flexibility index (Phi) is 2.86. The molecule has 0 fully saturated rings. The van der Waals surface area contributed by atoms with Crippen LogP contribution in [0.5, 0.6) is 0 Å². The van der Waals surface area contributed by atoms with Crippen LogP contribution in [0, 0.1) is 6.92 Å². The lowest BCUT2D eigenvalue weighted by molar-refractivity contribution is 0.608. The number of rotatable bonds is 2. The van der Waals surface area contributed by atoms with Crippen LogP contribution in [0.4, 0.5) is 0 Å². The van der Waals surface area contributed by atoms with Crippen LogP contribution in [-0.2, 0) is 14.8 Å². The molecule has 0 saturated heterocycles. The molecule has 2 rings (SSSR count). The summed E-state index contributed by atoms with van der Waals surface area (Å²) in [6, 6.07) is 3.68. The van der Waals surface area contributed by atoms with Gasteiger partial charge in [0.2, 0.25) is 9.05 Å². The molecule has 2 heterocycles. The first kappa shape index (κ1) is 11.7. The normalized spacial score (nSPS) is 12.2. The summed E-state index contributed by atoms with van der Waals surface area (Å²) in [5.74, 6) is -0.367. The average molecular weight is 279 g/mol. The predicted octanol–water partition coefficient (Wildman–Crippen LogP) is 2.36. The molecule has 2 aromatic heterocycles. The van der Waals surface area contributed by atoms with Gasteiger partial charge in [0.1, 0.15) is 16.6 Å². The van der Waals surface area contributed by atoms with Crippen molar-refractivity contribution >= 4 is 37.0 Å². The third kappa shape index (κ3) is 2.31. The molecule has 7 heteroatoms. The summed E-state index contributed by atoms with van der Waals surface area (Å²) in [6.45, 7) is 1.92. The van der Waals surface area contributed by atoms with Gasteiger partial charge >= 0.3 is 0 Å². The molecule has 2 aromatic rings. The standard InChI is InChI=1S/C9H8Cl2N2O2S/c1-6-2-3-13-8(4-6)12-7(9(13)10)5-16(11,14)15/h2-4H,5H2,1H3. The fraction of sp³-hybridized carbons (Fsp3) is 0.222. The average Bonchev–Trinajstić information content (AvgIpc) is 2.40. The van der Waals surface area contributed by atoms with Crippen molar-refractivity contribution in [3.05, 3.63) is 34.7 Å². The van der Waals surface area contributed by atoms with E-state index in [1.54, 1.807) is 10.6 Å². The van der Waals surface area contributed by atoms with Crippen LogP contribution in [0.15, 0.2) is 18.3 Å². The van der Waals surface area contributed by atoms with E-state index in [9.17, 15) is 8.42 Å². The molecule has 0 bridgehead atoms. The molecule has 0 unspecified atom stereocenters. The van der Waals surface area contributed by atoms with Crippen LogP contribution in [0.3, 0.4) is 0 Å². The minimum absolute atomic E-state index is 0.266. The molecule has 0 radical (unpaired) electrons. The molecule has 0 N–H and O–H groups in total. The van der Waals surface area contributed by atoms with Gasteiger partial charge in [-0.05, 0) is 24.6 Å². The van der Waals surface area contributed by atoms with Crippen molar-refractivity contribution in [2.45, 2.75) is 12.7 Å². The summed E-state index contributed by atoms with van der Waals surface area (Å²) < 4.78 is 23.5. The maximum absolute atomic E-state index is 11.0. The number of fused-ring (bicyclic) bond motifs is 1. The Morgan fingerprint density at radius 3 is 2.81 bits per heavy atom. The van der Waals surface area contributed by atoms with Gasteiger partial charge in [-0.25, -0.2) is 13.4 Å². The molecule has 0 amide bonds. The second-order valence-electron chi connectivity index (χ2n) is 3.46. The first-order chi connectivity index (χ1) is 7.37. The fourth-order valence-corrected chi connectivity index (χ4v) is 2.59. The zero-order valence-corrected chi connectivity index (χ0v) is 10.6. The first-order valence-electron chi connectivity index (χ1n) is 4.42. The monoisotopic (exact) mass is 278 g/mol. The number of pyridine rings is 1. The Hall–Kier alpha value is -0.780. The molecule has 0 atom stereocenters. The molecule has 0 aliphatic rings. The molecule has 0 aliphatic heterocycles. The SMILES string of the molecule is Cc1ccn2c(Cl)c(CS(=O)(=O)Cl)nc2c1. The molecular formula is C9H8Cl2N2O2S. The number of hydrogen-bond donors (Lipinski definition) is 0. The van der Waals surface area contributed by atoms with Crippen molar-refractivity contribution < 1.29 is 8.42 Å². The Balaban J connectivity index is 2.60. The molecular weight excluding hydrogens is 271 g/mol. The van der Waals surface area contributed by atoms with E-state index in [1.807, 2.05) is 19.1 Å². The van der Waals surface area contributed by atoms with Crippen molar-refractivity contribution in [2.24, 2.45) is 0 Å². The Bertz CT molecular complexity index is 649. The number of hydrogen-bond acceptors (Lipinski definition) is 3. The topological polar surface area (TPSA) is 51.4 Å². The molecule has 0 saturated carbocycles. The highest BCUT2D eigenvalue weighted by atomic mass is 35.7. The van der Waals surface area contributed by atoms with Crippen LogP contribution in [0.1, 0.15) is 11.3 Å². The van der Waals surface area contributed by atoms with E-state index in [-0.39, 0.29) is 16.6 Å². The largest absolute Gasteiger partial charge is 0.290 e. The van der Waals surface area contributed by atoms with Gasteiger partial charge in [-0.15, -0.1) is 0 Å². The number of aryl methyl sites for hydroxylation is 1. The zero-order chi connectivity index (χ0) is 11.9. The third-order valence-corrected chi connectivity index (χ3v) is 3.44. The number of imidazole rings is 1. The highest BCUT2D eigenvalue weighted by Crippen LogP contribution is 2.21. The number of nitrogens with zero attached hydrogens (tertiary/aromatic N) is 2. The van der Waals surface area contributed by atoms with E-state index < -0.39 is 9.05 Å². The van der Waals surface area contributed by atoms with Gasteiger partial charge in [0.15, 0.2) is 0 Å². The Morgan fingerprint density at radius 2 is 2.19 bits per heavy atom. The van der Waals surface area contributed by atoms with Crippen molar-refractivity contribution in [3.63, 3.8) is 0 Å². The smallest absolute Gasteiger partial charge is 0.238 e. The lowest BCUT2D eigenvalue weighted by Gasteiger charge is -1.95. The molecule has 86 valence electrons.